The molecule has 7 nitrogen and oxygen atoms in total. The van der Waals surface area contributed by atoms with Crippen LogP contribution in [0.25, 0.3) is 0 Å². The molecular weight excluding hydrogens is 504 g/mol. The van der Waals surface area contributed by atoms with Gasteiger partial charge in [-0.15, -0.1) is 11.8 Å². The van der Waals surface area contributed by atoms with Gasteiger partial charge in [0.15, 0.2) is 5.44 Å². The number of esters is 3. The van der Waals surface area contributed by atoms with Crippen LogP contribution in [0.5, 0.6) is 0 Å². The third-order valence-corrected chi connectivity index (χ3v) is 7.42. The lowest BCUT2D eigenvalue weighted by Crippen LogP contribution is -2.41. The van der Waals surface area contributed by atoms with E-state index in [9.17, 15) is 14.4 Å². The van der Waals surface area contributed by atoms with E-state index in [2.05, 4.69) is 0 Å². The molecule has 1 fully saturated rings. The third-order valence-electron chi connectivity index (χ3n) is 6.03. The molecule has 0 spiro atoms. The van der Waals surface area contributed by atoms with Gasteiger partial charge in [0.05, 0.1) is 23.0 Å². The third kappa shape index (κ3) is 7.24. The van der Waals surface area contributed by atoms with Crippen molar-refractivity contribution in [2.75, 3.05) is 6.61 Å². The zero-order chi connectivity index (χ0) is 27.1. The normalized spacial score (nSPS) is 20.5. The summed E-state index contributed by atoms with van der Waals surface area (Å²) in [5, 5.41) is -0.524. The molecule has 0 N–H and O–H groups in total. The average Bonchev–Trinajstić information content (AvgIpc) is 3.22. The standard InChI is InChI=1S/C30H30O7S/c1-19-9-13-23(14-10-19)28(32)35-18-25-26(37-29(33)24-15-11-20(2)12-16-24)27(30(38-25)36-21(3)31)34-17-22-7-5-4-6-8-22/h4-16,25-27,30H,17-18H2,1-3H3. The summed E-state index contributed by atoms with van der Waals surface area (Å²) in [5.74, 6) is -1.52. The van der Waals surface area contributed by atoms with Crippen molar-refractivity contribution in [1.29, 1.82) is 0 Å². The highest BCUT2D eigenvalue weighted by molar-refractivity contribution is 8.00. The van der Waals surface area contributed by atoms with Crippen molar-refractivity contribution in [3.05, 3.63) is 107 Å². The van der Waals surface area contributed by atoms with E-state index < -0.39 is 40.8 Å². The van der Waals surface area contributed by atoms with Gasteiger partial charge in [0, 0.05) is 6.92 Å². The number of hydrogen-bond acceptors (Lipinski definition) is 8. The van der Waals surface area contributed by atoms with Crippen molar-refractivity contribution >= 4 is 29.7 Å². The fourth-order valence-electron chi connectivity index (χ4n) is 3.98. The minimum Gasteiger partial charge on any atom is -0.461 e. The highest BCUT2D eigenvalue weighted by Gasteiger charge is 2.50. The van der Waals surface area contributed by atoms with Crippen LogP contribution >= 0.6 is 11.8 Å². The molecule has 0 bridgehead atoms. The molecule has 3 aromatic carbocycles. The second-order valence-electron chi connectivity index (χ2n) is 9.11. The van der Waals surface area contributed by atoms with Crippen LogP contribution in [-0.2, 0) is 30.3 Å². The van der Waals surface area contributed by atoms with Crippen molar-refractivity contribution in [1.82, 2.24) is 0 Å². The van der Waals surface area contributed by atoms with Gasteiger partial charge in [-0.05, 0) is 43.7 Å². The van der Waals surface area contributed by atoms with E-state index >= 15 is 0 Å². The largest absolute Gasteiger partial charge is 0.461 e. The van der Waals surface area contributed by atoms with Crippen LogP contribution in [0.4, 0.5) is 0 Å². The molecule has 0 aliphatic carbocycles. The van der Waals surface area contributed by atoms with Gasteiger partial charge in [-0.1, -0.05) is 65.7 Å². The molecule has 0 aromatic heterocycles. The Balaban J connectivity index is 1.55. The Labute approximate surface area is 226 Å². The lowest BCUT2D eigenvalue weighted by atomic mass is 10.1. The van der Waals surface area contributed by atoms with Crippen LogP contribution in [-0.4, -0.2) is 47.4 Å². The summed E-state index contributed by atoms with van der Waals surface area (Å²) >= 11 is 1.25. The van der Waals surface area contributed by atoms with Crippen LogP contribution in [0.2, 0.25) is 0 Å². The highest BCUT2D eigenvalue weighted by Crippen LogP contribution is 2.40. The first-order chi connectivity index (χ1) is 18.3. The second kappa shape index (κ2) is 12.8. The SMILES string of the molecule is CC(=O)OC1SC(COC(=O)c2ccc(C)cc2)C(OC(=O)c2ccc(C)cc2)C1OCc1ccccc1. The summed E-state index contributed by atoms with van der Waals surface area (Å²) in [7, 11) is 0. The topological polar surface area (TPSA) is 88.1 Å². The zero-order valence-electron chi connectivity index (χ0n) is 21.5. The molecule has 1 saturated heterocycles. The first-order valence-electron chi connectivity index (χ1n) is 12.3. The molecule has 3 aromatic rings. The van der Waals surface area contributed by atoms with E-state index in [1.165, 1.54) is 18.7 Å². The first-order valence-corrected chi connectivity index (χ1v) is 13.2. The lowest BCUT2D eigenvalue weighted by Gasteiger charge is -2.25. The maximum Gasteiger partial charge on any atom is 0.338 e. The molecule has 1 heterocycles. The van der Waals surface area contributed by atoms with Gasteiger partial charge in [-0.2, -0.15) is 0 Å². The molecule has 8 heteroatoms. The van der Waals surface area contributed by atoms with Crippen molar-refractivity contribution in [2.45, 2.75) is 50.3 Å². The lowest BCUT2D eigenvalue weighted by molar-refractivity contribution is -0.152. The molecule has 4 rings (SSSR count). The van der Waals surface area contributed by atoms with Crippen LogP contribution in [0.15, 0.2) is 78.9 Å². The van der Waals surface area contributed by atoms with Gasteiger partial charge in [-0.3, -0.25) is 4.79 Å². The van der Waals surface area contributed by atoms with Crippen LogP contribution in [0.3, 0.4) is 0 Å². The number of carbonyl (C=O) groups is 3. The minimum absolute atomic E-state index is 0.0633. The molecule has 1 aliphatic rings. The predicted octanol–water partition coefficient (Wildman–Crippen LogP) is 5.28. The molecule has 38 heavy (non-hydrogen) atoms. The van der Waals surface area contributed by atoms with E-state index in [1.807, 2.05) is 68.4 Å². The molecular formula is C30H30O7S. The van der Waals surface area contributed by atoms with Gasteiger partial charge in [-0.25, -0.2) is 9.59 Å². The number of hydrogen-bond donors (Lipinski definition) is 0. The molecule has 1 aliphatic heterocycles. The summed E-state index contributed by atoms with van der Waals surface area (Å²) in [6.45, 7) is 5.33. The van der Waals surface area contributed by atoms with E-state index in [4.69, 9.17) is 18.9 Å². The highest BCUT2D eigenvalue weighted by atomic mass is 32.2. The smallest absolute Gasteiger partial charge is 0.338 e. The van der Waals surface area contributed by atoms with Crippen molar-refractivity contribution < 1.29 is 33.3 Å². The predicted molar refractivity (Wildman–Crippen MR) is 144 cm³/mol. The summed E-state index contributed by atoms with van der Waals surface area (Å²) in [6.07, 6.45) is -1.62. The Kier molecular flexibility index (Phi) is 9.20. The fourth-order valence-corrected chi connectivity index (χ4v) is 5.42. The Morgan fingerprint density at radius 3 is 1.89 bits per heavy atom. The van der Waals surface area contributed by atoms with E-state index in [0.717, 1.165) is 16.7 Å². The maximum absolute atomic E-state index is 13.1. The van der Waals surface area contributed by atoms with Crippen molar-refractivity contribution in [2.24, 2.45) is 0 Å². The van der Waals surface area contributed by atoms with Gasteiger partial charge >= 0.3 is 17.9 Å². The van der Waals surface area contributed by atoms with Gasteiger partial charge in [0.1, 0.15) is 18.8 Å². The van der Waals surface area contributed by atoms with Crippen molar-refractivity contribution in [3.63, 3.8) is 0 Å². The number of carbonyl (C=O) groups excluding carboxylic acids is 3. The summed E-state index contributed by atoms with van der Waals surface area (Å²) in [5.41, 5.74) is 3.00. The molecule has 0 saturated carbocycles. The summed E-state index contributed by atoms with van der Waals surface area (Å²) in [6, 6.07) is 23.6. The Hall–Kier alpha value is -3.62. The number of ether oxygens (including phenoxy) is 4. The second-order valence-corrected chi connectivity index (χ2v) is 10.5. The quantitative estimate of drug-likeness (QED) is 0.271. The number of thioether (sulfide) groups is 1. The zero-order valence-corrected chi connectivity index (χ0v) is 22.3. The van der Waals surface area contributed by atoms with E-state index in [-0.39, 0.29) is 13.2 Å². The fraction of sp³-hybridized carbons (Fsp3) is 0.300. The molecule has 4 unspecified atom stereocenters. The average molecular weight is 535 g/mol. The first kappa shape index (κ1) is 27.4. The molecule has 198 valence electrons. The summed E-state index contributed by atoms with van der Waals surface area (Å²) in [4.78, 5) is 37.7. The Morgan fingerprint density at radius 1 is 0.737 bits per heavy atom. The van der Waals surface area contributed by atoms with Gasteiger partial charge in [0.2, 0.25) is 0 Å². The monoisotopic (exact) mass is 534 g/mol. The number of rotatable bonds is 9. The Bertz CT molecular complexity index is 1240. The number of aryl methyl sites for hydroxylation is 2. The number of benzene rings is 3. The van der Waals surface area contributed by atoms with Gasteiger partial charge in [0.25, 0.3) is 0 Å². The molecule has 0 radical (unpaired) electrons. The van der Waals surface area contributed by atoms with Crippen LogP contribution < -0.4 is 0 Å². The molecule has 4 atom stereocenters. The minimum atomic E-state index is -0.840. The van der Waals surface area contributed by atoms with E-state index in [0.29, 0.717) is 11.1 Å². The maximum atomic E-state index is 13.1. The molecule has 0 amide bonds. The van der Waals surface area contributed by atoms with Gasteiger partial charge < -0.3 is 18.9 Å². The van der Waals surface area contributed by atoms with Crippen molar-refractivity contribution in [3.8, 4) is 0 Å². The Morgan fingerprint density at radius 2 is 1.32 bits per heavy atom. The van der Waals surface area contributed by atoms with E-state index in [1.54, 1.807) is 24.3 Å². The van der Waals surface area contributed by atoms with Crippen LogP contribution in [0.1, 0.15) is 44.3 Å². The summed E-state index contributed by atoms with van der Waals surface area (Å²) < 4.78 is 23.3. The van der Waals surface area contributed by atoms with Crippen LogP contribution in [0, 0.1) is 13.8 Å².